The van der Waals surface area contributed by atoms with E-state index in [0.717, 1.165) is 50.2 Å². The lowest BCUT2D eigenvalue weighted by Crippen LogP contribution is -2.39. The van der Waals surface area contributed by atoms with E-state index in [1.54, 1.807) is 6.33 Å². The molecule has 7 nitrogen and oxygen atoms in total. The van der Waals surface area contributed by atoms with Crippen LogP contribution in [0.15, 0.2) is 41.7 Å². The number of nitrogens with one attached hydrogen (secondary N) is 2. The summed E-state index contributed by atoms with van der Waals surface area (Å²) in [5.41, 5.74) is 1.49. The number of guanidine groups is 1. The lowest BCUT2D eigenvalue weighted by Gasteiger charge is -2.32. The molecule has 1 aromatic heterocycles. The van der Waals surface area contributed by atoms with E-state index in [1.165, 1.54) is 50.9 Å². The summed E-state index contributed by atoms with van der Waals surface area (Å²) >= 11 is 0. The number of aryl methyl sites for hydroxylation is 1. The number of aliphatic imine (C=N–C) groups is 1. The fraction of sp³-hybridized carbons (Fsp3) is 0.625. The van der Waals surface area contributed by atoms with Crippen LogP contribution in [0.5, 0.6) is 0 Å². The second kappa shape index (κ2) is 15.2. The molecule has 0 saturated carbocycles. The first-order valence-corrected chi connectivity index (χ1v) is 11.9. The molecule has 2 N–H and O–H groups in total. The highest BCUT2D eigenvalue weighted by Gasteiger charge is 2.18. The Kier molecular flexibility index (Phi) is 12.6. The van der Waals surface area contributed by atoms with Crippen molar-refractivity contribution in [3.8, 4) is 0 Å². The summed E-state index contributed by atoms with van der Waals surface area (Å²) in [6, 6.07) is 10.9. The highest BCUT2D eigenvalue weighted by molar-refractivity contribution is 14.0. The SMILES string of the molecule is CCc1nncn1CCNC(=NC)NCCCCN1CCC(Cc2ccccc2)CC1.I. The van der Waals surface area contributed by atoms with Gasteiger partial charge in [0.05, 0.1) is 0 Å². The van der Waals surface area contributed by atoms with E-state index in [0.29, 0.717) is 0 Å². The maximum Gasteiger partial charge on any atom is 0.191 e. The van der Waals surface area contributed by atoms with Crippen molar-refractivity contribution >= 4 is 29.9 Å². The summed E-state index contributed by atoms with van der Waals surface area (Å²) in [7, 11) is 1.82. The molecule has 0 radical (unpaired) electrons. The smallest absolute Gasteiger partial charge is 0.191 e. The normalized spacial score (nSPS) is 15.4. The van der Waals surface area contributed by atoms with Crippen LogP contribution in [0.3, 0.4) is 0 Å². The third-order valence-corrected chi connectivity index (χ3v) is 6.15. The number of benzene rings is 1. The lowest BCUT2D eigenvalue weighted by atomic mass is 9.90. The Hall–Kier alpha value is -1.68. The number of nitrogens with zero attached hydrogens (tertiary/aromatic N) is 5. The van der Waals surface area contributed by atoms with Crippen molar-refractivity contribution < 1.29 is 0 Å². The second-order valence-corrected chi connectivity index (χ2v) is 8.40. The van der Waals surface area contributed by atoms with Crippen LogP contribution in [0.4, 0.5) is 0 Å². The fourth-order valence-electron chi connectivity index (χ4n) is 4.28. The van der Waals surface area contributed by atoms with Crippen LogP contribution in [0.2, 0.25) is 0 Å². The van der Waals surface area contributed by atoms with Gasteiger partial charge in [-0.1, -0.05) is 37.3 Å². The summed E-state index contributed by atoms with van der Waals surface area (Å²) in [6.07, 6.45) is 8.98. The summed E-state index contributed by atoms with van der Waals surface area (Å²) in [6.45, 7) is 8.41. The summed E-state index contributed by atoms with van der Waals surface area (Å²) in [4.78, 5) is 6.96. The molecular weight excluding hydrogens is 513 g/mol. The van der Waals surface area contributed by atoms with Crippen LogP contribution < -0.4 is 10.6 Å². The first-order chi connectivity index (χ1) is 15.3. The van der Waals surface area contributed by atoms with Gasteiger partial charge in [-0.3, -0.25) is 4.99 Å². The number of piperidine rings is 1. The van der Waals surface area contributed by atoms with E-state index in [9.17, 15) is 0 Å². The molecule has 0 bridgehead atoms. The van der Waals surface area contributed by atoms with Gasteiger partial charge in [-0.05, 0) is 63.2 Å². The maximum absolute atomic E-state index is 4.32. The van der Waals surface area contributed by atoms with Crippen molar-refractivity contribution in [1.82, 2.24) is 30.3 Å². The highest BCUT2D eigenvalue weighted by Crippen LogP contribution is 2.21. The molecule has 178 valence electrons. The molecule has 32 heavy (non-hydrogen) atoms. The number of hydrogen-bond acceptors (Lipinski definition) is 4. The third kappa shape index (κ3) is 9.05. The second-order valence-electron chi connectivity index (χ2n) is 8.40. The average Bonchev–Trinajstić information content (AvgIpc) is 3.27. The number of aromatic nitrogens is 3. The number of hydrogen-bond donors (Lipinski definition) is 2. The summed E-state index contributed by atoms with van der Waals surface area (Å²) in [5.74, 6) is 2.74. The summed E-state index contributed by atoms with van der Waals surface area (Å²) in [5, 5.41) is 14.9. The number of rotatable bonds is 11. The van der Waals surface area contributed by atoms with E-state index < -0.39 is 0 Å². The van der Waals surface area contributed by atoms with Gasteiger partial charge in [-0.2, -0.15) is 0 Å². The molecule has 0 aliphatic carbocycles. The Labute approximate surface area is 210 Å². The monoisotopic (exact) mass is 553 g/mol. The highest BCUT2D eigenvalue weighted by atomic mass is 127. The molecule has 1 aliphatic heterocycles. The van der Waals surface area contributed by atoms with Gasteiger partial charge < -0.3 is 20.1 Å². The van der Waals surface area contributed by atoms with Gasteiger partial charge in [0.2, 0.25) is 0 Å². The van der Waals surface area contributed by atoms with Crippen molar-refractivity contribution in [1.29, 1.82) is 0 Å². The van der Waals surface area contributed by atoms with Crippen LogP contribution in [0, 0.1) is 5.92 Å². The predicted octanol–water partition coefficient (Wildman–Crippen LogP) is 3.36. The first kappa shape index (κ1) is 26.6. The predicted molar refractivity (Wildman–Crippen MR) is 143 cm³/mol. The topological polar surface area (TPSA) is 70.4 Å². The number of unbranched alkanes of at least 4 members (excludes halogenated alkanes) is 1. The quantitative estimate of drug-likeness (QED) is 0.193. The molecule has 0 spiro atoms. The zero-order valence-electron chi connectivity index (χ0n) is 19.7. The van der Waals surface area contributed by atoms with Crippen LogP contribution in [0.1, 0.15) is 44.0 Å². The zero-order chi connectivity index (χ0) is 21.7. The molecule has 0 amide bonds. The first-order valence-electron chi connectivity index (χ1n) is 11.9. The molecule has 8 heteroatoms. The van der Waals surface area contributed by atoms with Crippen LogP contribution >= 0.6 is 24.0 Å². The van der Waals surface area contributed by atoms with Crippen molar-refractivity contribution in [2.75, 3.05) is 39.8 Å². The zero-order valence-corrected chi connectivity index (χ0v) is 22.0. The van der Waals surface area contributed by atoms with Gasteiger partial charge in [0.25, 0.3) is 0 Å². The molecule has 2 heterocycles. The maximum atomic E-state index is 4.32. The molecule has 1 aromatic carbocycles. The molecule has 0 unspecified atom stereocenters. The van der Waals surface area contributed by atoms with Gasteiger partial charge in [0, 0.05) is 33.1 Å². The molecule has 1 fully saturated rings. The van der Waals surface area contributed by atoms with E-state index in [-0.39, 0.29) is 24.0 Å². The molecule has 2 aromatic rings. The van der Waals surface area contributed by atoms with E-state index in [1.807, 2.05) is 7.05 Å². The molecule has 0 atom stereocenters. The van der Waals surface area contributed by atoms with Gasteiger partial charge in [0.1, 0.15) is 12.2 Å². The molecule has 1 saturated heterocycles. The standard InChI is InChI=1S/C24H39N7.HI/c1-3-23-29-28-20-31(23)18-14-27-24(25-2)26-13-7-8-15-30-16-11-22(12-17-30)19-21-9-5-4-6-10-21;/h4-6,9-10,20,22H,3,7-8,11-19H2,1-2H3,(H2,25,26,27);1H. The third-order valence-electron chi connectivity index (χ3n) is 6.15. The minimum absolute atomic E-state index is 0. The largest absolute Gasteiger partial charge is 0.356 e. The van der Waals surface area contributed by atoms with Gasteiger partial charge in [-0.25, -0.2) is 0 Å². The van der Waals surface area contributed by atoms with Crippen molar-refractivity contribution in [2.24, 2.45) is 10.9 Å². The average molecular weight is 554 g/mol. The minimum Gasteiger partial charge on any atom is -0.356 e. The molecule has 1 aliphatic rings. The van der Waals surface area contributed by atoms with Crippen molar-refractivity contribution in [3.05, 3.63) is 48.0 Å². The Balaban J connectivity index is 0.00000363. The van der Waals surface area contributed by atoms with Gasteiger partial charge in [0.15, 0.2) is 5.96 Å². The Morgan fingerprint density at radius 1 is 1.06 bits per heavy atom. The van der Waals surface area contributed by atoms with Gasteiger partial charge in [-0.15, -0.1) is 34.2 Å². The summed E-state index contributed by atoms with van der Waals surface area (Å²) < 4.78 is 2.09. The Morgan fingerprint density at radius 2 is 1.81 bits per heavy atom. The van der Waals surface area contributed by atoms with E-state index in [4.69, 9.17) is 0 Å². The number of likely N-dealkylation sites (tertiary alicyclic amines) is 1. The lowest BCUT2D eigenvalue weighted by molar-refractivity contribution is 0.181. The Morgan fingerprint density at radius 3 is 2.53 bits per heavy atom. The van der Waals surface area contributed by atoms with Crippen LogP contribution in [-0.2, 0) is 19.4 Å². The van der Waals surface area contributed by atoms with Crippen molar-refractivity contribution in [2.45, 2.75) is 52.0 Å². The van der Waals surface area contributed by atoms with Gasteiger partial charge >= 0.3 is 0 Å². The fourth-order valence-corrected chi connectivity index (χ4v) is 4.28. The van der Waals surface area contributed by atoms with Crippen molar-refractivity contribution in [3.63, 3.8) is 0 Å². The van der Waals surface area contributed by atoms with E-state index in [2.05, 4.69) is 72.5 Å². The minimum atomic E-state index is 0. The van der Waals surface area contributed by atoms with Crippen LogP contribution in [0.25, 0.3) is 0 Å². The molecule has 3 rings (SSSR count). The number of halogens is 1. The van der Waals surface area contributed by atoms with Crippen LogP contribution in [-0.4, -0.2) is 65.4 Å². The van der Waals surface area contributed by atoms with E-state index >= 15 is 0 Å². The molecular formula is C24H40IN7. The Bertz CT molecular complexity index is 770.